The Morgan fingerprint density at radius 1 is 1.23 bits per heavy atom. The van der Waals surface area contributed by atoms with E-state index in [0.29, 0.717) is 23.7 Å². The third-order valence-electron chi connectivity index (χ3n) is 3.04. The lowest BCUT2D eigenvalue weighted by molar-refractivity contribution is 0.0949. The van der Waals surface area contributed by atoms with Gasteiger partial charge in [-0.25, -0.2) is 8.42 Å². The third kappa shape index (κ3) is 5.20. The number of benzene rings is 1. The molecule has 0 saturated carbocycles. The van der Waals surface area contributed by atoms with Gasteiger partial charge in [-0.05, 0) is 18.1 Å². The van der Waals surface area contributed by atoms with Gasteiger partial charge in [0.2, 0.25) is 0 Å². The van der Waals surface area contributed by atoms with Crippen LogP contribution >= 0.6 is 11.6 Å². The second-order valence-electron chi connectivity index (χ2n) is 4.92. The molecule has 0 atom stereocenters. The van der Waals surface area contributed by atoms with Gasteiger partial charge < -0.3 is 10.3 Å². The van der Waals surface area contributed by atoms with Gasteiger partial charge in [-0.2, -0.15) is 0 Å². The van der Waals surface area contributed by atoms with E-state index in [0.717, 1.165) is 5.56 Å². The highest BCUT2D eigenvalue weighted by molar-refractivity contribution is 7.90. The number of amides is 1. The number of sulfone groups is 1. The molecule has 1 aromatic heterocycles. The summed E-state index contributed by atoms with van der Waals surface area (Å²) in [6, 6.07) is 10.6. The Morgan fingerprint density at radius 2 is 1.95 bits per heavy atom. The fourth-order valence-corrected chi connectivity index (χ4v) is 3.58. The highest BCUT2D eigenvalue weighted by Gasteiger charge is 2.12. The van der Waals surface area contributed by atoms with Crippen LogP contribution < -0.4 is 5.32 Å². The number of rotatable bonds is 7. The summed E-state index contributed by atoms with van der Waals surface area (Å²) in [7, 11) is -3.17. The van der Waals surface area contributed by atoms with Crippen LogP contribution in [0.15, 0.2) is 42.6 Å². The van der Waals surface area contributed by atoms with E-state index in [4.69, 9.17) is 11.6 Å². The zero-order valence-corrected chi connectivity index (χ0v) is 13.5. The summed E-state index contributed by atoms with van der Waals surface area (Å²) in [4.78, 5) is 14.5. The molecule has 1 aromatic carbocycles. The highest BCUT2D eigenvalue weighted by Crippen LogP contribution is 2.09. The lowest BCUT2D eigenvalue weighted by Crippen LogP contribution is -2.26. The van der Waals surface area contributed by atoms with Gasteiger partial charge in [-0.3, -0.25) is 4.79 Å². The molecule has 2 rings (SSSR count). The minimum atomic E-state index is -3.17. The van der Waals surface area contributed by atoms with E-state index in [9.17, 15) is 13.2 Å². The van der Waals surface area contributed by atoms with Gasteiger partial charge >= 0.3 is 0 Å². The van der Waals surface area contributed by atoms with E-state index in [1.165, 1.54) is 12.3 Å². The van der Waals surface area contributed by atoms with Crippen LogP contribution in [0, 0.1) is 0 Å². The smallest absolute Gasteiger partial charge is 0.267 e. The first-order chi connectivity index (χ1) is 10.5. The molecule has 22 heavy (non-hydrogen) atoms. The number of carbonyl (C=O) groups is 1. The maximum Gasteiger partial charge on any atom is 0.267 e. The topological polar surface area (TPSA) is 79.0 Å². The van der Waals surface area contributed by atoms with Crippen LogP contribution in [0.5, 0.6) is 0 Å². The third-order valence-corrected chi connectivity index (χ3v) is 4.94. The second-order valence-corrected chi connectivity index (χ2v) is 7.54. The number of aromatic nitrogens is 1. The Balaban J connectivity index is 1.75. The highest BCUT2D eigenvalue weighted by atomic mass is 35.5. The number of carbonyl (C=O) groups excluding carboxylic acids is 1. The molecule has 0 aliphatic heterocycles. The molecule has 0 fully saturated rings. The van der Waals surface area contributed by atoms with Crippen molar-refractivity contribution in [2.24, 2.45) is 0 Å². The summed E-state index contributed by atoms with van der Waals surface area (Å²) in [6.45, 7) is 0.295. The molecule has 7 heteroatoms. The largest absolute Gasteiger partial charge is 0.356 e. The van der Waals surface area contributed by atoms with Gasteiger partial charge in [0.25, 0.3) is 5.91 Å². The summed E-state index contributed by atoms with van der Waals surface area (Å²) in [5.74, 6) is -0.242. The molecule has 1 amide bonds. The number of H-pyrrole nitrogens is 1. The minimum absolute atomic E-state index is 0.0218. The van der Waals surface area contributed by atoms with Crippen molar-refractivity contribution in [1.29, 1.82) is 0 Å². The monoisotopic (exact) mass is 340 g/mol. The normalized spacial score (nSPS) is 11.3. The predicted molar refractivity (Wildman–Crippen MR) is 86.7 cm³/mol. The van der Waals surface area contributed by atoms with Crippen molar-refractivity contribution in [2.75, 3.05) is 12.3 Å². The van der Waals surface area contributed by atoms with Crippen LogP contribution in [0.25, 0.3) is 0 Å². The summed E-state index contributed by atoms with van der Waals surface area (Å²) in [5, 5.41) is 3.11. The summed E-state index contributed by atoms with van der Waals surface area (Å²) >= 11 is 5.71. The fraction of sp³-hybridized carbons (Fsp3) is 0.267. The van der Waals surface area contributed by atoms with Gasteiger partial charge in [0.05, 0.1) is 16.5 Å². The second kappa shape index (κ2) is 7.47. The Kier molecular flexibility index (Phi) is 5.63. The van der Waals surface area contributed by atoms with E-state index >= 15 is 0 Å². The standard InChI is InChI=1S/C15H17ClN2O3S/c16-13-9-14(18-10-13)15(19)17-7-4-8-22(20,21)11-12-5-2-1-3-6-12/h1-3,5-6,9-10,18H,4,7-8,11H2,(H,17,19). The quantitative estimate of drug-likeness (QED) is 0.760. The lowest BCUT2D eigenvalue weighted by Gasteiger charge is -2.06. The number of aromatic amines is 1. The van der Waals surface area contributed by atoms with E-state index in [-0.39, 0.29) is 17.4 Å². The van der Waals surface area contributed by atoms with Crippen molar-refractivity contribution in [3.8, 4) is 0 Å². The average molecular weight is 341 g/mol. The van der Waals surface area contributed by atoms with Crippen LogP contribution in [0.2, 0.25) is 5.02 Å². The number of hydrogen-bond acceptors (Lipinski definition) is 3. The number of hydrogen-bond donors (Lipinski definition) is 2. The van der Waals surface area contributed by atoms with Crippen molar-refractivity contribution < 1.29 is 13.2 Å². The van der Waals surface area contributed by atoms with Crippen LogP contribution in [0.3, 0.4) is 0 Å². The average Bonchev–Trinajstić information content (AvgIpc) is 2.91. The van der Waals surface area contributed by atoms with Crippen LogP contribution in [-0.4, -0.2) is 31.6 Å². The molecular formula is C15H17ClN2O3S. The van der Waals surface area contributed by atoms with E-state index < -0.39 is 9.84 Å². The Labute approximate surface area is 134 Å². The van der Waals surface area contributed by atoms with Gasteiger partial charge in [-0.1, -0.05) is 41.9 Å². The first-order valence-electron chi connectivity index (χ1n) is 6.83. The lowest BCUT2D eigenvalue weighted by atomic mass is 10.2. The van der Waals surface area contributed by atoms with Crippen molar-refractivity contribution in [2.45, 2.75) is 12.2 Å². The zero-order chi connectivity index (χ0) is 16.0. The minimum Gasteiger partial charge on any atom is -0.356 e. The van der Waals surface area contributed by atoms with Crippen LogP contribution in [-0.2, 0) is 15.6 Å². The molecule has 2 aromatic rings. The van der Waals surface area contributed by atoms with Crippen molar-refractivity contribution in [1.82, 2.24) is 10.3 Å². The Hall–Kier alpha value is -1.79. The first kappa shape index (κ1) is 16.6. The van der Waals surface area contributed by atoms with E-state index in [1.54, 1.807) is 12.1 Å². The summed E-state index contributed by atoms with van der Waals surface area (Å²) in [6.07, 6.45) is 1.89. The molecule has 0 saturated heterocycles. The van der Waals surface area contributed by atoms with Gasteiger partial charge in [0.1, 0.15) is 5.69 Å². The van der Waals surface area contributed by atoms with Gasteiger partial charge in [-0.15, -0.1) is 0 Å². The predicted octanol–water partition coefficient (Wildman–Crippen LogP) is 2.40. The van der Waals surface area contributed by atoms with Gasteiger partial charge in [0, 0.05) is 12.7 Å². The number of halogens is 1. The van der Waals surface area contributed by atoms with Crippen molar-refractivity contribution >= 4 is 27.3 Å². The van der Waals surface area contributed by atoms with Crippen molar-refractivity contribution in [3.63, 3.8) is 0 Å². The molecule has 0 spiro atoms. The van der Waals surface area contributed by atoms with E-state index in [2.05, 4.69) is 10.3 Å². The molecule has 0 aliphatic carbocycles. The summed E-state index contributed by atoms with van der Waals surface area (Å²) < 4.78 is 24.0. The molecule has 0 aliphatic rings. The SMILES string of the molecule is O=C(NCCCS(=O)(=O)Cc1ccccc1)c1cc(Cl)c[nH]1. The molecule has 118 valence electrons. The Bertz CT molecular complexity index is 726. The van der Waals surface area contributed by atoms with E-state index in [1.807, 2.05) is 18.2 Å². The maximum absolute atomic E-state index is 12.0. The number of nitrogens with one attached hydrogen (secondary N) is 2. The maximum atomic E-state index is 12.0. The molecule has 5 nitrogen and oxygen atoms in total. The molecule has 0 radical (unpaired) electrons. The molecule has 0 unspecified atom stereocenters. The zero-order valence-electron chi connectivity index (χ0n) is 11.9. The van der Waals surface area contributed by atoms with Crippen LogP contribution in [0.4, 0.5) is 0 Å². The van der Waals surface area contributed by atoms with Gasteiger partial charge in [0.15, 0.2) is 9.84 Å². The summed E-state index contributed by atoms with van der Waals surface area (Å²) in [5.41, 5.74) is 1.13. The van der Waals surface area contributed by atoms with Crippen LogP contribution in [0.1, 0.15) is 22.5 Å². The molecule has 2 N–H and O–H groups in total. The molecule has 1 heterocycles. The molecule has 0 bridgehead atoms. The molecular weight excluding hydrogens is 324 g/mol. The first-order valence-corrected chi connectivity index (χ1v) is 9.03. The van der Waals surface area contributed by atoms with Crippen molar-refractivity contribution in [3.05, 3.63) is 58.9 Å². The Morgan fingerprint density at radius 3 is 2.59 bits per heavy atom. The fourth-order valence-electron chi connectivity index (χ4n) is 1.99.